The minimum absolute atomic E-state index is 0.327. The third-order valence-corrected chi connectivity index (χ3v) is 4.28. The zero-order valence-electron chi connectivity index (χ0n) is 16.0. The van der Waals surface area contributed by atoms with Crippen LogP contribution in [0.3, 0.4) is 0 Å². The molecular weight excluding hydrogens is 356 g/mol. The fraction of sp³-hybridized carbons (Fsp3) is 0.526. The molecule has 27 heavy (non-hydrogen) atoms. The van der Waals surface area contributed by atoms with Gasteiger partial charge in [-0.2, -0.15) is 0 Å². The van der Waals surface area contributed by atoms with Crippen LogP contribution in [0.1, 0.15) is 38.1 Å². The van der Waals surface area contributed by atoms with Gasteiger partial charge in [-0.05, 0) is 26.0 Å². The second-order valence-electron chi connectivity index (χ2n) is 6.44. The Morgan fingerprint density at radius 3 is 2.15 bits per heavy atom. The lowest BCUT2D eigenvalue weighted by Gasteiger charge is -2.49. The average Bonchev–Trinajstić information content (AvgIpc) is 2.60. The van der Waals surface area contributed by atoms with Crippen molar-refractivity contribution in [3.63, 3.8) is 0 Å². The molecule has 0 bridgehead atoms. The van der Waals surface area contributed by atoms with Crippen LogP contribution in [0.15, 0.2) is 30.3 Å². The molecule has 0 aromatic heterocycles. The maximum absolute atomic E-state index is 12.6. The molecule has 8 heteroatoms. The van der Waals surface area contributed by atoms with E-state index in [1.54, 1.807) is 37.3 Å². The Labute approximate surface area is 157 Å². The van der Waals surface area contributed by atoms with Gasteiger partial charge < -0.3 is 23.7 Å². The monoisotopic (exact) mass is 380 g/mol. The molecule has 148 valence electrons. The molecule has 1 saturated heterocycles. The Bertz CT molecular complexity index is 688. The maximum atomic E-state index is 12.6. The highest BCUT2D eigenvalue weighted by Gasteiger charge is 2.59. The lowest BCUT2D eigenvalue weighted by Crippen LogP contribution is -2.68. The van der Waals surface area contributed by atoms with Crippen molar-refractivity contribution in [2.75, 3.05) is 7.11 Å². The van der Waals surface area contributed by atoms with Crippen molar-refractivity contribution in [2.24, 2.45) is 0 Å². The van der Waals surface area contributed by atoms with Crippen LogP contribution in [0, 0.1) is 0 Å². The van der Waals surface area contributed by atoms with Gasteiger partial charge in [-0.15, -0.1) is 0 Å². The number of benzene rings is 1. The van der Waals surface area contributed by atoms with Crippen molar-refractivity contribution in [2.45, 2.75) is 57.9 Å². The molecule has 5 atom stereocenters. The summed E-state index contributed by atoms with van der Waals surface area (Å²) in [5.41, 5.74) is -1.19. The third kappa shape index (κ3) is 4.64. The Balaban J connectivity index is 2.40. The summed E-state index contributed by atoms with van der Waals surface area (Å²) in [7, 11) is 1.37. The number of hydrogen-bond acceptors (Lipinski definition) is 8. The predicted octanol–water partition coefficient (Wildman–Crippen LogP) is 1.86. The Hall–Kier alpha value is -2.45. The van der Waals surface area contributed by atoms with Crippen molar-refractivity contribution in [1.29, 1.82) is 0 Å². The van der Waals surface area contributed by atoms with Crippen molar-refractivity contribution in [3.05, 3.63) is 35.9 Å². The molecule has 1 heterocycles. The topological polar surface area (TPSA) is 97.4 Å². The summed E-state index contributed by atoms with van der Waals surface area (Å²) in [5.74, 6) is -1.86. The smallest absolute Gasteiger partial charge is 0.338 e. The fourth-order valence-corrected chi connectivity index (χ4v) is 3.18. The van der Waals surface area contributed by atoms with E-state index in [1.165, 1.54) is 27.9 Å². The fourth-order valence-electron chi connectivity index (χ4n) is 3.18. The number of esters is 3. The summed E-state index contributed by atoms with van der Waals surface area (Å²) in [6.45, 7) is 5.61. The SMILES string of the molecule is CO[C@H]1O[C@@H](C)[C@@H](OC(=O)c2ccccc2)[C@@](C)(OC(C)=O)[C@H]1OC(C)=O. The lowest BCUT2D eigenvalue weighted by atomic mass is 9.85. The lowest BCUT2D eigenvalue weighted by molar-refractivity contribution is -0.319. The molecule has 0 aliphatic carbocycles. The standard InChI is InChI=1S/C19H24O8/c1-11-15(26-17(22)14-9-7-6-8-10-14)19(4,27-13(3)21)16(25-12(2)20)18(23-5)24-11/h6-11,15-16,18H,1-5H3/t11-,15+,16-,18-,19+/m0/s1. The molecule has 2 rings (SSSR count). The minimum Gasteiger partial charge on any atom is -0.453 e. The van der Waals surface area contributed by atoms with Crippen molar-refractivity contribution in [1.82, 2.24) is 0 Å². The van der Waals surface area contributed by atoms with E-state index in [1.807, 2.05) is 0 Å². The van der Waals surface area contributed by atoms with Crippen LogP contribution < -0.4 is 0 Å². The third-order valence-electron chi connectivity index (χ3n) is 4.28. The van der Waals surface area contributed by atoms with Crippen LogP contribution >= 0.6 is 0 Å². The van der Waals surface area contributed by atoms with Gasteiger partial charge in [0.15, 0.2) is 24.1 Å². The van der Waals surface area contributed by atoms with E-state index < -0.39 is 48.1 Å². The van der Waals surface area contributed by atoms with Gasteiger partial charge in [0.1, 0.15) is 0 Å². The first-order chi connectivity index (χ1) is 12.7. The molecule has 1 fully saturated rings. The Kier molecular flexibility index (Phi) is 6.56. The van der Waals surface area contributed by atoms with Crippen molar-refractivity contribution >= 4 is 17.9 Å². The molecule has 0 amide bonds. The molecule has 1 aromatic rings. The van der Waals surface area contributed by atoms with E-state index in [0.29, 0.717) is 5.56 Å². The van der Waals surface area contributed by atoms with Crippen molar-refractivity contribution in [3.8, 4) is 0 Å². The van der Waals surface area contributed by atoms with Gasteiger partial charge in [0, 0.05) is 21.0 Å². The van der Waals surface area contributed by atoms with E-state index in [4.69, 9.17) is 23.7 Å². The maximum Gasteiger partial charge on any atom is 0.338 e. The molecule has 0 unspecified atom stereocenters. The van der Waals surface area contributed by atoms with Gasteiger partial charge >= 0.3 is 17.9 Å². The summed E-state index contributed by atoms with van der Waals surface area (Å²) in [5, 5.41) is 0. The summed E-state index contributed by atoms with van der Waals surface area (Å²) >= 11 is 0. The van der Waals surface area contributed by atoms with Gasteiger partial charge in [-0.1, -0.05) is 18.2 Å². The molecule has 8 nitrogen and oxygen atoms in total. The number of carbonyl (C=O) groups excluding carboxylic acids is 3. The molecular formula is C19H24O8. The molecule has 1 aliphatic rings. The number of rotatable bonds is 5. The molecule has 0 spiro atoms. The summed E-state index contributed by atoms with van der Waals surface area (Å²) < 4.78 is 27.4. The number of carbonyl (C=O) groups is 3. The van der Waals surface area contributed by atoms with Crippen LogP contribution in [-0.2, 0) is 33.3 Å². The first kappa shape index (κ1) is 20.9. The normalized spacial score (nSPS) is 30.3. The summed E-state index contributed by atoms with van der Waals surface area (Å²) in [6, 6.07) is 8.37. The minimum atomic E-state index is -1.51. The molecule has 1 aromatic carbocycles. The van der Waals surface area contributed by atoms with Gasteiger partial charge in [0.05, 0.1) is 11.7 Å². The quantitative estimate of drug-likeness (QED) is 0.564. The van der Waals surface area contributed by atoms with Gasteiger partial charge in [0.2, 0.25) is 0 Å². The average molecular weight is 380 g/mol. The van der Waals surface area contributed by atoms with Crippen LogP contribution in [-0.4, -0.2) is 55.2 Å². The van der Waals surface area contributed by atoms with Crippen LogP contribution in [0.5, 0.6) is 0 Å². The molecule has 0 saturated carbocycles. The summed E-state index contributed by atoms with van der Waals surface area (Å²) in [6.07, 6.45) is -3.86. The van der Waals surface area contributed by atoms with E-state index in [-0.39, 0.29) is 0 Å². The van der Waals surface area contributed by atoms with E-state index in [2.05, 4.69) is 0 Å². The second-order valence-corrected chi connectivity index (χ2v) is 6.44. The highest BCUT2D eigenvalue weighted by molar-refractivity contribution is 5.89. The molecule has 0 N–H and O–H groups in total. The first-order valence-electron chi connectivity index (χ1n) is 8.50. The first-order valence-corrected chi connectivity index (χ1v) is 8.50. The highest BCUT2D eigenvalue weighted by atomic mass is 16.7. The zero-order valence-corrected chi connectivity index (χ0v) is 16.0. The van der Waals surface area contributed by atoms with Crippen molar-refractivity contribution < 1.29 is 38.1 Å². The number of ether oxygens (including phenoxy) is 5. The highest BCUT2D eigenvalue weighted by Crippen LogP contribution is 2.37. The zero-order chi connectivity index (χ0) is 20.2. The number of methoxy groups -OCH3 is 1. The molecule has 0 radical (unpaired) electrons. The van der Waals surface area contributed by atoms with Gasteiger partial charge in [-0.3, -0.25) is 9.59 Å². The van der Waals surface area contributed by atoms with E-state index in [9.17, 15) is 14.4 Å². The predicted molar refractivity (Wildman–Crippen MR) is 92.7 cm³/mol. The molecule has 1 aliphatic heterocycles. The van der Waals surface area contributed by atoms with Gasteiger partial charge in [0.25, 0.3) is 0 Å². The Morgan fingerprint density at radius 2 is 1.63 bits per heavy atom. The van der Waals surface area contributed by atoms with Crippen LogP contribution in [0.4, 0.5) is 0 Å². The number of hydrogen-bond donors (Lipinski definition) is 0. The Morgan fingerprint density at radius 1 is 1.00 bits per heavy atom. The van der Waals surface area contributed by atoms with E-state index in [0.717, 1.165) is 0 Å². The summed E-state index contributed by atoms with van der Waals surface area (Å²) in [4.78, 5) is 35.9. The van der Waals surface area contributed by atoms with Gasteiger partial charge in [-0.25, -0.2) is 4.79 Å². The van der Waals surface area contributed by atoms with Crippen LogP contribution in [0.25, 0.3) is 0 Å². The second kappa shape index (κ2) is 8.49. The van der Waals surface area contributed by atoms with E-state index >= 15 is 0 Å². The van der Waals surface area contributed by atoms with Crippen LogP contribution in [0.2, 0.25) is 0 Å². The largest absolute Gasteiger partial charge is 0.453 e.